The van der Waals surface area contributed by atoms with Gasteiger partial charge in [-0.2, -0.15) is 5.10 Å². The summed E-state index contributed by atoms with van der Waals surface area (Å²) >= 11 is 0. The van der Waals surface area contributed by atoms with Crippen LogP contribution in [0.3, 0.4) is 0 Å². The Morgan fingerprint density at radius 2 is 1.80 bits per heavy atom. The molecule has 3 atom stereocenters. The van der Waals surface area contributed by atoms with Crippen molar-refractivity contribution < 1.29 is 0 Å². The zero-order valence-electron chi connectivity index (χ0n) is 17.0. The number of fused-ring (bicyclic) bond motifs is 3. The highest BCUT2D eigenvalue weighted by atomic mass is 15.3. The van der Waals surface area contributed by atoms with E-state index in [0.717, 1.165) is 39.1 Å². The second-order valence-electron chi connectivity index (χ2n) is 8.56. The maximum Gasteiger partial charge on any atom is 0.151 e. The van der Waals surface area contributed by atoms with Gasteiger partial charge in [0.1, 0.15) is 0 Å². The molecule has 2 fully saturated rings. The van der Waals surface area contributed by atoms with E-state index < -0.39 is 0 Å². The van der Waals surface area contributed by atoms with Crippen LogP contribution in [-0.2, 0) is 0 Å². The van der Waals surface area contributed by atoms with Crippen molar-refractivity contribution in [3.05, 3.63) is 48.9 Å². The lowest BCUT2D eigenvalue weighted by molar-refractivity contribution is 0.353. The molecular formula is C23H25N7. The minimum Gasteiger partial charge on any atom is -0.361 e. The molecule has 2 aliphatic heterocycles. The minimum atomic E-state index is 0.535. The molecule has 2 aliphatic rings. The van der Waals surface area contributed by atoms with Gasteiger partial charge in [-0.05, 0) is 55.5 Å². The lowest BCUT2D eigenvalue weighted by Crippen LogP contribution is -2.47. The number of benzene rings is 1. The van der Waals surface area contributed by atoms with Gasteiger partial charge in [-0.1, -0.05) is 6.07 Å². The number of hydrogen-bond acceptors (Lipinski definition) is 5. The SMILES string of the molecule is CN(c1ccc(-c2ccc(-c3cn[nH]c3)c3cc[nH]c23)nn1)[C@@H]1C[C@H]2CC[C@@H](C1)N2. The number of rotatable bonds is 4. The van der Waals surface area contributed by atoms with E-state index in [4.69, 9.17) is 0 Å². The predicted molar refractivity (Wildman–Crippen MR) is 118 cm³/mol. The highest BCUT2D eigenvalue weighted by molar-refractivity contribution is 6.02. The van der Waals surface area contributed by atoms with Crippen LogP contribution in [0.4, 0.5) is 5.82 Å². The van der Waals surface area contributed by atoms with Crippen molar-refractivity contribution in [2.24, 2.45) is 0 Å². The first-order valence-corrected chi connectivity index (χ1v) is 10.7. The van der Waals surface area contributed by atoms with Gasteiger partial charge in [0.05, 0.1) is 17.4 Å². The molecule has 2 bridgehead atoms. The summed E-state index contributed by atoms with van der Waals surface area (Å²) in [5, 5.41) is 21.0. The third-order valence-electron chi connectivity index (χ3n) is 6.82. The van der Waals surface area contributed by atoms with Crippen LogP contribution in [0, 0.1) is 0 Å². The number of nitrogens with one attached hydrogen (secondary N) is 3. The van der Waals surface area contributed by atoms with Gasteiger partial charge < -0.3 is 15.2 Å². The maximum atomic E-state index is 4.59. The monoisotopic (exact) mass is 399 g/mol. The van der Waals surface area contributed by atoms with E-state index in [1.54, 1.807) is 0 Å². The quantitative estimate of drug-likeness (QED) is 0.487. The Balaban J connectivity index is 1.30. The molecule has 4 aromatic rings. The number of aromatic nitrogens is 5. The summed E-state index contributed by atoms with van der Waals surface area (Å²) in [5.41, 5.74) is 5.23. The highest BCUT2D eigenvalue weighted by Gasteiger charge is 2.35. The molecule has 6 rings (SSSR count). The van der Waals surface area contributed by atoms with Gasteiger partial charge in [0, 0.05) is 54.1 Å². The van der Waals surface area contributed by atoms with Gasteiger partial charge in [0.15, 0.2) is 5.82 Å². The Kier molecular flexibility index (Phi) is 4.09. The van der Waals surface area contributed by atoms with Crippen molar-refractivity contribution in [2.45, 2.75) is 43.8 Å². The minimum absolute atomic E-state index is 0.535. The molecule has 5 heterocycles. The topological polar surface area (TPSA) is 85.5 Å². The number of H-pyrrole nitrogens is 2. The normalized spacial score (nSPS) is 23.2. The van der Waals surface area contributed by atoms with Crippen molar-refractivity contribution in [1.82, 2.24) is 30.7 Å². The van der Waals surface area contributed by atoms with Crippen LogP contribution in [0.2, 0.25) is 0 Å². The van der Waals surface area contributed by atoms with Gasteiger partial charge in [-0.3, -0.25) is 5.10 Å². The zero-order valence-corrected chi connectivity index (χ0v) is 17.0. The Hall–Kier alpha value is -3.19. The fraction of sp³-hybridized carbons (Fsp3) is 0.348. The maximum absolute atomic E-state index is 4.59. The first-order chi connectivity index (χ1) is 14.8. The zero-order chi connectivity index (χ0) is 20.1. The Bertz CT molecular complexity index is 1150. The first-order valence-electron chi connectivity index (χ1n) is 10.7. The molecule has 7 nitrogen and oxygen atoms in total. The lowest BCUT2D eigenvalue weighted by atomic mass is 9.98. The summed E-state index contributed by atoms with van der Waals surface area (Å²) < 4.78 is 0. The molecule has 30 heavy (non-hydrogen) atoms. The van der Waals surface area contributed by atoms with Crippen molar-refractivity contribution in [3.63, 3.8) is 0 Å². The van der Waals surface area contributed by atoms with E-state index in [0.29, 0.717) is 18.1 Å². The van der Waals surface area contributed by atoms with E-state index >= 15 is 0 Å². The van der Waals surface area contributed by atoms with E-state index in [-0.39, 0.29) is 0 Å². The molecule has 7 heteroatoms. The predicted octanol–water partition coefficient (Wildman–Crippen LogP) is 3.73. The van der Waals surface area contributed by atoms with Gasteiger partial charge >= 0.3 is 0 Å². The second-order valence-corrected chi connectivity index (χ2v) is 8.56. The van der Waals surface area contributed by atoms with Crippen LogP contribution in [-0.4, -0.2) is 50.6 Å². The molecule has 1 aromatic carbocycles. The molecule has 3 aromatic heterocycles. The third-order valence-corrected chi connectivity index (χ3v) is 6.82. The molecule has 3 N–H and O–H groups in total. The summed E-state index contributed by atoms with van der Waals surface area (Å²) in [4.78, 5) is 5.69. The van der Waals surface area contributed by atoms with Gasteiger partial charge in [-0.25, -0.2) is 0 Å². The Labute approximate surface area is 174 Å². The van der Waals surface area contributed by atoms with Crippen LogP contribution in [0.15, 0.2) is 48.9 Å². The van der Waals surface area contributed by atoms with E-state index in [9.17, 15) is 0 Å². The standard InChI is InChI=1S/C23H25N7/c1-30(17-10-15-2-3-16(11-17)27-15)22-7-6-21(28-29-22)20-5-4-18(14-12-25-26-13-14)19-8-9-24-23(19)20/h4-9,12-13,15-17,24,27H,2-3,10-11H2,1H3,(H,25,26)/t15-,16+,17-. The van der Waals surface area contributed by atoms with Crippen molar-refractivity contribution in [2.75, 3.05) is 11.9 Å². The van der Waals surface area contributed by atoms with Crippen molar-refractivity contribution in [3.8, 4) is 22.4 Å². The highest BCUT2D eigenvalue weighted by Crippen LogP contribution is 2.35. The number of anilines is 1. The van der Waals surface area contributed by atoms with Crippen LogP contribution in [0.5, 0.6) is 0 Å². The summed E-state index contributed by atoms with van der Waals surface area (Å²) in [6.07, 6.45) is 10.7. The average molecular weight is 400 g/mol. The third kappa shape index (κ3) is 2.89. The van der Waals surface area contributed by atoms with E-state index in [2.05, 4.69) is 73.0 Å². The smallest absolute Gasteiger partial charge is 0.151 e. The van der Waals surface area contributed by atoms with Crippen molar-refractivity contribution >= 4 is 16.7 Å². The van der Waals surface area contributed by atoms with Crippen LogP contribution < -0.4 is 10.2 Å². The van der Waals surface area contributed by atoms with Gasteiger partial charge in [0.2, 0.25) is 0 Å². The molecule has 0 radical (unpaired) electrons. The molecule has 0 spiro atoms. The van der Waals surface area contributed by atoms with E-state index in [1.165, 1.54) is 25.7 Å². The van der Waals surface area contributed by atoms with Crippen LogP contribution in [0.25, 0.3) is 33.3 Å². The molecule has 152 valence electrons. The summed E-state index contributed by atoms with van der Waals surface area (Å²) in [5.74, 6) is 0.947. The van der Waals surface area contributed by atoms with Crippen LogP contribution >= 0.6 is 0 Å². The largest absolute Gasteiger partial charge is 0.361 e. The molecule has 0 amide bonds. The molecule has 0 saturated carbocycles. The van der Waals surface area contributed by atoms with Crippen molar-refractivity contribution in [1.29, 1.82) is 0 Å². The fourth-order valence-electron chi connectivity index (χ4n) is 5.21. The Morgan fingerprint density at radius 1 is 0.967 bits per heavy atom. The average Bonchev–Trinajstić information content (AvgIpc) is 3.54. The summed E-state index contributed by atoms with van der Waals surface area (Å²) in [6, 6.07) is 12.4. The van der Waals surface area contributed by atoms with Crippen LogP contribution in [0.1, 0.15) is 25.7 Å². The molecule has 2 saturated heterocycles. The molecule has 0 aliphatic carbocycles. The lowest BCUT2D eigenvalue weighted by Gasteiger charge is -2.36. The van der Waals surface area contributed by atoms with Gasteiger partial charge in [-0.15, -0.1) is 10.2 Å². The number of nitrogens with zero attached hydrogens (tertiary/aromatic N) is 4. The second kappa shape index (κ2) is 6.95. The molecule has 0 unspecified atom stereocenters. The van der Waals surface area contributed by atoms with Gasteiger partial charge in [0.25, 0.3) is 0 Å². The number of aromatic amines is 2. The van der Waals surface area contributed by atoms with E-state index in [1.807, 2.05) is 18.6 Å². The number of piperidine rings is 1. The Morgan fingerprint density at radius 3 is 2.53 bits per heavy atom. The fourth-order valence-corrected chi connectivity index (χ4v) is 5.21. The summed E-state index contributed by atoms with van der Waals surface area (Å²) in [7, 11) is 2.15. The molecular weight excluding hydrogens is 374 g/mol. The first kappa shape index (κ1) is 17.7. The number of hydrogen-bond donors (Lipinski definition) is 3. The summed E-state index contributed by atoms with van der Waals surface area (Å²) in [6.45, 7) is 0.